The Morgan fingerprint density at radius 3 is 2.48 bits per heavy atom. The van der Waals surface area contributed by atoms with Crippen molar-refractivity contribution in [2.75, 3.05) is 10.6 Å². The fourth-order valence-electron chi connectivity index (χ4n) is 2.82. The zero-order valence-electron chi connectivity index (χ0n) is 13.9. The number of rotatable bonds is 4. The minimum Gasteiger partial charge on any atom is -0.338 e. The SMILES string of the molecule is Fc1cnc(Nc2ccc3cn[nH]c3c2)nc1Nc1ccc2[nH]ncc2c1. The van der Waals surface area contributed by atoms with Gasteiger partial charge in [0.05, 0.1) is 29.6 Å². The molecule has 0 atom stereocenters. The largest absolute Gasteiger partial charge is 0.338 e. The summed E-state index contributed by atoms with van der Waals surface area (Å²) in [6.45, 7) is 0. The first-order chi connectivity index (χ1) is 13.2. The van der Waals surface area contributed by atoms with Gasteiger partial charge < -0.3 is 10.6 Å². The number of halogens is 1. The van der Waals surface area contributed by atoms with Gasteiger partial charge in [-0.1, -0.05) is 0 Å². The van der Waals surface area contributed by atoms with Crippen molar-refractivity contribution in [3.8, 4) is 0 Å². The molecule has 0 bridgehead atoms. The molecule has 0 amide bonds. The normalized spacial score (nSPS) is 11.1. The molecule has 4 N–H and O–H groups in total. The second kappa shape index (κ2) is 6.06. The maximum Gasteiger partial charge on any atom is 0.229 e. The van der Waals surface area contributed by atoms with Crippen LogP contribution in [0.3, 0.4) is 0 Å². The lowest BCUT2D eigenvalue weighted by molar-refractivity contribution is 0.619. The van der Waals surface area contributed by atoms with Crippen molar-refractivity contribution in [3.63, 3.8) is 0 Å². The minimum absolute atomic E-state index is 0.0814. The molecule has 5 rings (SSSR count). The number of benzene rings is 2. The van der Waals surface area contributed by atoms with Crippen molar-refractivity contribution in [3.05, 3.63) is 60.8 Å². The highest BCUT2D eigenvalue weighted by atomic mass is 19.1. The zero-order chi connectivity index (χ0) is 18.2. The highest BCUT2D eigenvalue weighted by Gasteiger charge is 2.09. The predicted molar refractivity (Wildman–Crippen MR) is 101 cm³/mol. The van der Waals surface area contributed by atoms with Crippen molar-refractivity contribution < 1.29 is 4.39 Å². The highest BCUT2D eigenvalue weighted by Crippen LogP contribution is 2.24. The second-order valence-electron chi connectivity index (χ2n) is 5.98. The summed E-state index contributed by atoms with van der Waals surface area (Å²) in [6, 6.07) is 11.2. The van der Waals surface area contributed by atoms with Gasteiger partial charge >= 0.3 is 0 Å². The van der Waals surface area contributed by atoms with Gasteiger partial charge in [0.1, 0.15) is 0 Å². The summed E-state index contributed by atoms with van der Waals surface area (Å²) in [6.07, 6.45) is 4.57. The van der Waals surface area contributed by atoms with Gasteiger partial charge in [0.2, 0.25) is 5.95 Å². The summed E-state index contributed by atoms with van der Waals surface area (Å²) in [5.74, 6) is -0.183. The molecule has 5 aromatic rings. The number of nitrogens with one attached hydrogen (secondary N) is 4. The number of fused-ring (bicyclic) bond motifs is 2. The van der Waals surface area contributed by atoms with E-state index in [9.17, 15) is 4.39 Å². The van der Waals surface area contributed by atoms with E-state index in [-0.39, 0.29) is 11.8 Å². The van der Waals surface area contributed by atoms with Crippen molar-refractivity contribution in [2.24, 2.45) is 0 Å². The van der Waals surface area contributed by atoms with Gasteiger partial charge in [-0.2, -0.15) is 15.2 Å². The van der Waals surface area contributed by atoms with Crippen LogP contribution in [0.4, 0.5) is 27.5 Å². The molecule has 132 valence electrons. The summed E-state index contributed by atoms with van der Waals surface area (Å²) in [4.78, 5) is 8.25. The van der Waals surface area contributed by atoms with E-state index < -0.39 is 5.82 Å². The molecule has 0 radical (unpaired) electrons. The Balaban J connectivity index is 1.42. The summed E-state index contributed by atoms with van der Waals surface area (Å²) in [5.41, 5.74) is 3.25. The van der Waals surface area contributed by atoms with Crippen molar-refractivity contribution >= 4 is 44.9 Å². The molecule has 27 heavy (non-hydrogen) atoms. The maximum atomic E-state index is 14.2. The van der Waals surface area contributed by atoms with Crippen LogP contribution in [0, 0.1) is 5.82 Å². The second-order valence-corrected chi connectivity index (χ2v) is 5.98. The van der Waals surface area contributed by atoms with Crippen LogP contribution in [0.1, 0.15) is 0 Å². The van der Waals surface area contributed by atoms with E-state index in [1.807, 2.05) is 36.4 Å². The van der Waals surface area contributed by atoms with Gasteiger partial charge in [-0.25, -0.2) is 9.37 Å². The monoisotopic (exact) mass is 360 g/mol. The molecule has 0 fully saturated rings. The molecule has 9 heteroatoms. The van der Waals surface area contributed by atoms with Crippen LogP contribution in [0.15, 0.2) is 55.0 Å². The Morgan fingerprint density at radius 1 is 0.778 bits per heavy atom. The lowest BCUT2D eigenvalue weighted by Crippen LogP contribution is -2.03. The average Bonchev–Trinajstić information content (AvgIpc) is 3.32. The first-order valence-corrected chi connectivity index (χ1v) is 8.17. The van der Waals surface area contributed by atoms with Gasteiger partial charge in [0.15, 0.2) is 11.6 Å². The number of hydrogen-bond donors (Lipinski definition) is 4. The molecule has 0 aliphatic carbocycles. The quantitative estimate of drug-likeness (QED) is 0.388. The molecular weight excluding hydrogens is 347 g/mol. The van der Waals surface area contributed by atoms with E-state index in [1.165, 1.54) is 0 Å². The van der Waals surface area contributed by atoms with Crippen LogP contribution >= 0.6 is 0 Å². The third kappa shape index (κ3) is 2.91. The fraction of sp³-hybridized carbons (Fsp3) is 0. The first-order valence-electron chi connectivity index (χ1n) is 8.17. The standard InChI is InChI=1S/C18H13FN8/c19-14-9-20-18(24-13-2-1-10-7-21-27-16(10)6-13)25-17(14)23-12-3-4-15-11(5-12)8-22-26-15/h1-9H,(H,21,27)(H,22,26)(H2,20,23,24,25). The number of aromatic amines is 2. The molecule has 0 saturated heterocycles. The van der Waals surface area contributed by atoms with E-state index in [0.29, 0.717) is 5.69 Å². The molecule has 3 aromatic heterocycles. The maximum absolute atomic E-state index is 14.2. The van der Waals surface area contributed by atoms with E-state index in [2.05, 4.69) is 41.0 Å². The van der Waals surface area contributed by atoms with E-state index >= 15 is 0 Å². The van der Waals surface area contributed by atoms with Gasteiger partial charge in [0.25, 0.3) is 0 Å². The summed E-state index contributed by atoms with van der Waals surface area (Å²) < 4.78 is 14.2. The number of nitrogens with zero attached hydrogens (tertiary/aromatic N) is 4. The van der Waals surface area contributed by atoms with Gasteiger partial charge in [-0.15, -0.1) is 0 Å². The van der Waals surface area contributed by atoms with E-state index in [0.717, 1.165) is 33.7 Å². The van der Waals surface area contributed by atoms with Crippen LogP contribution in [0.2, 0.25) is 0 Å². The molecule has 0 saturated carbocycles. The molecule has 8 nitrogen and oxygen atoms in total. The van der Waals surface area contributed by atoms with Crippen molar-refractivity contribution in [2.45, 2.75) is 0 Å². The van der Waals surface area contributed by atoms with Crippen LogP contribution in [-0.2, 0) is 0 Å². The molecule has 0 unspecified atom stereocenters. The van der Waals surface area contributed by atoms with Gasteiger partial charge in [-0.05, 0) is 36.4 Å². The Kier molecular flexibility index (Phi) is 3.42. The molecular formula is C18H13FN8. The number of anilines is 4. The topological polar surface area (TPSA) is 107 Å². The average molecular weight is 360 g/mol. The molecule has 0 aliphatic rings. The molecule has 0 spiro atoms. The highest BCUT2D eigenvalue weighted by molar-refractivity contribution is 5.83. The summed E-state index contributed by atoms with van der Waals surface area (Å²) >= 11 is 0. The zero-order valence-corrected chi connectivity index (χ0v) is 13.9. The lowest BCUT2D eigenvalue weighted by atomic mass is 10.2. The first kappa shape index (κ1) is 15.3. The minimum atomic E-state index is -0.545. The summed E-state index contributed by atoms with van der Waals surface area (Å²) in [7, 11) is 0. The molecule has 0 aliphatic heterocycles. The van der Waals surface area contributed by atoms with Crippen LogP contribution < -0.4 is 10.6 Å². The Morgan fingerprint density at radius 2 is 1.56 bits per heavy atom. The Bertz CT molecular complexity index is 1260. The predicted octanol–water partition coefficient (Wildman–Crippen LogP) is 3.86. The van der Waals surface area contributed by atoms with Gasteiger partial charge in [-0.3, -0.25) is 10.2 Å². The van der Waals surface area contributed by atoms with E-state index in [4.69, 9.17) is 0 Å². The Labute approximate surface area is 151 Å². The molecule has 2 aromatic carbocycles. The number of H-pyrrole nitrogens is 2. The van der Waals surface area contributed by atoms with Crippen molar-refractivity contribution in [1.29, 1.82) is 0 Å². The Hall–Kier alpha value is -4.01. The van der Waals surface area contributed by atoms with E-state index in [1.54, 1.807) is 12.4 Å². The van der Waals surface area contributed by atoms with Crippen molar-refractivity contribution in [1.82, 2.24) is 30.4 Å². The van der Waals surface area contributed by atoms with Gasteiger partial charge in [0, 0.05) is 22.1 Å². The third-order valence-electron chi connectivity index (χ3n) is 4.15. The van der Waals surface area contributed by atoms with Crippen LogP contribution in [0.5, 0.6) is 0 Å². The summed E-state index contributed by atoms with van der Waals surface area (Å²) in [5, 5.41) is 21.7. The van der Waals surface area contributed by atoms with Crippen LogP contribution in [-0.4, -0.2) is 30.4 Å². The van der Waals surface area contributed by atoms with Crippen LogP contribution in [0.25, 0.3) is 21.8 Å². The number of hydrogen-bond acceptors (Lipinski definition) is 6. The lowest BCUT2D eigenvalue weighted by Gasteiger charge is -2.09. The molecule has 3 heterocycles. The number of aromatic nitrogens is 6. The third-order valence-corrected chi connectivity index (χ3v) is 4.15. The smallest absolute Gasteiger partial charge is 0.229 e. The fourth-order valence-corrected chi connectivity index (χ4v) is 2.82.